The Hall–Kier alpha value is -4.91. The third-order valence-electron chi connectivity index (χ3n) is 6.99. The van der Waals surface area contributed by atoms with E-state index in [0.717, 1.165) is 38.3 Å². The molecule has 0 atom stereocenters. The van der Waals surface area contributed by atoms with Crippen molar-refractivity contribution in [2.45, 2.75) is 6.54 Å². The standard InChI is InChI=1S/C32H29FN6O4S/c1-42-16-13-34-19-21-7-9-25(36-20-21)29-18-26-30(44-29)28(11-12-35-26)43-27-10-8-22(17-24(27)33)37-31(40)39-15-14-38(32(39)41)23-5-3-2-4-6-23/h2-12,17-18,20,34H,13-16,19H2,1H3,(H,37,40). The summed E-state index contributed by atoms with van der Waals surface area (Å²) in [7, 11) is 1.67. The van der Waals surface area contributed by atoms with Gasteiger partial charge in [-0.05, 0) is 42.0 Å². The number of aromatic nitrogens is 2. The fourth-order valence-electron chi connectivity index (χ4n) is 4.75. The third-order valence-corrected chi connectivity index (χ3v) is 8.15. The Bertz CT molecular complexity index is 1780. The molecule has 224 valence electrons. The van der Waals surface area contributed by atoms with Crippen LogP contribution in [0.3, 0.4) is 0 Å². The highest BCUT2D eigenvalue weighted by molar-refractivity contribution is 7.22. The van der Waals surface area contributed by atoms with Crippen LogP contribution in [-0.4, -0.2) is 60.3 Å². The Morgan fingerprint density at radius 2 is 1.89 bits per heavy atom. The lowest BCUT2D eigenvalue weighted by Gasteiger charge is -2.18. The quantitative estimate of drug-likeness (QED) is 0.173. The molecule has 4 amide bonds. The molecule has 1 aliphatic rings. The second-order valence-electron chi connectivity index (χ2n) is 9.95. The molecule has 12 heteroatoms. The molecule has 44 heavy (non-hydrogen) atoms. The summed E-state index contributed by atoms with van der Waals surface area (Å²) < 4.78 is 26.9. The van der Waals surface area contributed by atoms with Gasteiger partial charge < -0.3 is 20.1 Å². The zero-order valence-corrected chi connectivity index (χ0v) is 24.6. The molecule has 0 unspecified atom stereocenters. The van der Waals surface area contributed by atoms with Crippen LogP contribution in [0.2, 0.25) is 0 Å². The van der Waals surface area contributed by atoms with E-state index in [4.69, 9.17) is 9.47 Å². The van der Waals surface area contributed by atoms with E-state index < -0.39 is 17.9 Å². The Kier molecular flexibility index (Phi) is 8.73. The number of benzene rings is 2. The lowest BCUT2D eigenvalue weighted by Crippen LogP contribution is -2.39. The van der Waals surface area contributed by atoms with E-state index in [0.29, 0.717) is 36.6 Å². The molecule has 4 heterocycles. The SMILES string of the molecule is COCCNCc1ccc(-c2cc3nccc(Oc4ccc(NC(=O)N5CCN(c6ccccc6)C5=O)cc4F)c3s2)nc1. The summed E-state index contributed by atoms with van der Waals surface area (Å²) in [6, 6.07) is 19.8. The van der Waals surface area contributed by atoms with Crippen molar-refractivity contribution in [1.29, 1.82) is 0 Å². The van der Waals surface area contributed by atoms with E-state index in [1.165, 1.54) is 28.4 Å². The van der Waals surface area contributed by atoms with Gasteiger partial charge in [0, 0.05) is 62.6 Å². The molecule has 3 aromatic heterocycles. The van der Waals surface area contributed by atoms with E-state index in [-0.39, 0.29) is 18.0 Å². The number of para-hydroxylation sites is 1. The number of nitrogens with zero attached hydrogens (tertiary/aromatic N) is 4. The topological polar surface area (TPSA) is 109 Å². The first-order valence-corrected chi connectivity index (χ1v) is 14.8. The van der Waals surface area contributed by atoms with Gasteiger partial charge in [-0.1, -0.05) is 24.3 Å². The van der Waals surface area contributed by atoms with Crippen molar-refractivity contribution >= 4 is 45.0 Å². The molecule has 1 aliphatic heterocycles. The van der Waals surface area contributed by atoms with E-state index in [1.807, 2.05) is 42.6 Å². The molecule has 2 N–H and O–H groups in total. The molecule has 5 aromatic rings. The summed E-state index contributed by atoms with van der Waals surface area (Å²) in [6.07, 6.45) is 3.44. The van der Waals surface area contributed by atoms with Gasteiger partial charge in [-0.25, -0.2) is 18.9 Å². The van der Waals surface area contributed by atoms with Crippen LogP contribution in [0.4, 0.5) is 25.4 Å². The summed E-state index contributed by atoms with van der Waals surface area (Å²) in [4.78, 5) is 38.2. The molecule has 0 aliphatic carbocycles. The summed E-state index contributed by atoms with van der Waals surface area (Å²) >= 11 is 1.45. The number of pyridine rings is 2. The first-order valence-electron chi connectivity index (χ1n) is 14.0. The second kappa shape index (κ2) is 13.2. The van der Waals surface area contributed by atoms with Crippen molar-refractivity contribution in [3.05, 3.63) is 96.6 Å². The number of halogens is 1. The number of imide groups is 1. The van der Waals surface area contributed by atoms with Gasteiger partial charge in [-0.3, -0.25) is 14.9 Å². The molecule has 1 saturated heterocycles. The minimum absolute atomic E-state index is 0.0126. The van der Waals surface area contributed by atoms with Crippen LogP contribution in [0.5, 0.6) is 11.5 Å². The molecule has 2 aromatic carbocycles. The molecule has 10 nitrogen and oxygen atoms in total. The highest BCUT2D eigenvalue weighted by Gasteiger charge is 2.34. The fraction of sp³-hybridized carbons (Fsp3) is 0.188. The number of urea groups is 2. The number of thiophene rings is 1. The molecule has 0 radical (unpaired) electrons. The minimum Gasteiger partial charge on any atom is -0.453 e. The summed E-state index contributed by atoms with van der Waals surface area (Å²) in [5.41, 5.74) is 3.48. The monoisotopic (exact) mass is 612 g/mol. The van der Waals surface area contributed by atoms with Crippen LogP contribution in [0, 0.1) is 5.82 Å². The van der Waals surface area contributed by atoms with Crippen molar-refractivity contribution in [3.63, 3.8) is 0 Å². The average Bonchev–Trinajstić information content (AvgIpc) is 3.66. The minimum atomic E-state index is -0.667. The van der Waals surface area contributed by atoms with Crippen molar-refractivity contribution in [2.24, 2.45) is 0 Å². The summed E-state index contributed by atoms with van der Waals surface area (Å²) in [6.45, 7) is 2.69. The van der Waals surface area contributed by atoms with Crippen LogP contribution < -0.4 is 20.3 Å². The smallest absolute Gasteiger partial charge is 0.332 e. The summed E-state index contributed by atoms with van der Waals surface area (Å²) in [5.74, 6) is -0.231. The van der Waals surface area contributed by atoms with Gasteiger partial charge in [0.25, 0.3) is 0 Å². The van der Waals surface area contributed by atoms with Crippen LogP contribution >= 0.6 is 11.3 Å². The maximum atomic E-state index is 15.2. The largest absolute Gasteiger partial charge is 0.453 e. The predicted octanol–water partition coefficient (Wildman–Crippen LogP) is 6.50. The van der Waals surface area contributed by atoms with E-state index in [2.05, 4.69) is 20.6 Å². The highest BCUT2D eigenvalue weighted by Crippen LogP contribution is 2.39. The molecular weight excluding hydrogens is 583 g/mol. The number of ether oxygens (including phenoxy) is 2. The lowest BCUT2D eigenvalue weighted by molar-refractivity contribution is 0.199. The Balaban J connectivity index is 1.12. The Morgan fingerprint density at radius 1 is 1.02 bits per heavy atom. The van der Waals surface area contributed by atoms with Gasteiger partial charge in [0.05, 0.1) is 33.9 Å². The van der Waals surface area contributed by atoms with Gasteiger partial charge in [-0.15, -0.1) is 11.3 Å². The number of amides is 4. The lowest BCUT2D eigenvalue weighted by atomic mass is 10.2. The van der Waals surface area contributed by atoms with E-state index in [1.54, 1.807) is 31.5 Å². The number of rotatable bonds is 10. The number of fused-ring (bicyclic) bond motifs is 1. The third kappa shape index (κ3) is 6.37. The molecular formula is C32H29FN6O4S. The molecule has 0 spiro atoms. The molecule has 0 bridgehead atoms. The molecule has 6 rings (SSSR count). The van der Waals surface area contributed by atoms with Crippen LogP contribution in [0.15, 0.2) is 85.2 Å². The number of hydrogen-bond acceptors (Lipinski definition) is 8. The van der Waals surface area contributed by atoms with Crippen LogP contribution in [0.1, 0.15) is 5.56 Å². The molecule has 0 saturated carbocycles. The van der Waals surface area contributed by atoms with Gasteiger partial charge in [0.1, 0.15) is 5.75 Å². The first kappa shape index (κ1) is 29.2. The fourth-order valence-corrected chi connectivity index (χ4v) is 5.79. The van der Waals surface area contributed by atoms with E-state index in [9.17, 15) is 9.59 Å². The second-order valence-corrected chi connectivity index (χ2v) is 11.0. The first-order chi connectivity index (χ1) is 21.5. The average molecular weight is 613 g/mol. The van der Waals surface area contributed by atoms with E-state index >= 15 is 4.39 Å². The number of anilines is 2. The van der Waals surface area contributed by atoms with Gasteiger partial charge in [0.2, 0.25) is 0 Å². The van der Waals surface area contributed by atoms with Crippen molar-refractivity contribution in [1.82, 2.24) is 20.2 Å². The Morgan fingerprint density at radius 3 is 2.66 bits per heavy atom. The number of hydrogen-bond donors (Lipinski definition) is 2. The number of carbonyl (C=O) groups is 2. The van der Waals surface area contributed by atoms with Crippen molar-refractivity contribution in [3.8, 4) is 22.1 Å². The van der Waals surface area contributed by atoms with Gasteiger partial charge in [-0.2, -0.15) is 0 Å². The van der Waals surface area contributed by atoms with Crippen molar-refractivity contribution < 1.29 is 23.5 Å². The zero-order chi connectivity index (χ0) is 30.5. The van der Waals surface area contributed by atoms with Gasteiger partial charge in [0.15, 0.2) is 11.6 Å². The van der Waals surface area contributed by atoms with Crippen LogP contribution in [-0.2, 0) is 11.3 Å². The van der Waals surface area contributed by atoms with Crippen LogP contribution in [0.25, 0.3) is 20.8 Å². The summed E-state index contributed by atoms with van der Waals surface area (Å²) in [5, 5.41) is 5.90. The zero-order valence-electron chi connectivity index (χ0n) is 23.8. The molecule has 1 fully saturated rings. The van der Waals surface area contributed by atoms with Crippen molar-refractivity contribution in [2.75, 3.05) is 43.6 Å². The number of nitrogens with one attached hydrogen (secondary N) is 2. The normalized spacial score (nSPS) is 13.1. The number of carbonyl (C=O) groups excluding carboxylic acids is 2. The highest BCUT2D eigenvalue weighted by atomic mass is 32.1. The Labute approximate surface area is 257 Å². The van der Waals surface area contributed by atoms with Gasteiger partial charge >= 0.3 is 12.1 Å². The predicted molar refractivity (Wildman–Crippen MR) is 168 cm³/mol. The number of methoxy groups -OCH3 is 1. The maximum Gasteiger partial charge on any atom is 0.332 e. The maximum absolute atomic E-state index is 15.2.